The zero-order valence-corrected chi connectivity index (χ0v) is 13.8. The molecular weight excluding hydrogens is 296 g/mol. The topological polar surface area (TPSA) is 77.4 Å². The van der Waals surface area contributed by atoms with Crippen LogP contribution in [0.1, 0.15) is 25.5 Å². The van der Waals surface area contributed by atoms with Gasteiger partial charge >= 0.3 is 6.03 Å². The molecule has 1 atom stereocenters. The predicted molar refractivity (Wildman–Crippen MR) is 88.0 cm³/mol. The number of aryl methyl sites for hydroxylation is 1. The molecule has 1 aromatic heterocycles. The van der Waals surface area contributed by atoms with E-state index < -0.39 is 0 Å². The normalized spacial score (nSPS) is 11.7. The number of carbonyl (C=O) groups excluding carboxylic acids is 1. The van der Waals surface area contributed by atoms with E-state index in [0.29, 0.717) is 17.2 Å². The third kappa shape index (κ3) is 4.15. The number of ether oxygens (including phenoxy) is 2. The summed E-state index contributed by atoms with van der Waals surface area (Å²) < 4.78 is 12.2. The first-order valence-electron chi connectivity index (χ1n) is 7.39. The fourth-order valence-corrected chi connectivity index (χ4v) is 2.17. The van der Waals surface area contributed by atoms with E-state index in [4.69, 9.17) is 9.47 Å². The Hall–Kier alpha value is -2.70. The minimum Gasteiger partial charge on any atom is -0.493 e. The lowest BCUT2D eigenvalue weighted by molar-refractivity contribution is 0.249. The molecule has 2 aromatic rings. The molecule has 2 amide bonds. The van der Waals surface area contributed by atoms with Crippen molar-refractivity contribution in [2.24, 2.45) is 0 Å². The Morgan fingerprint density at radius 2 is 2.04 bits per heavy atom. The summed E-state index contributed by atoms with van der Waals surface area (Å²) in [6.45, 7) is 4.64. The molecule has 0 fully saturated rings. The monoisotopic (exact) mass is 318 g/mol. The number of hydrogen-bond donors (Lipinski definition) is 2. The molecule has 0 aliphatic heterocycles. The second-order valence-corrected chi connectivity index (χ2v) is 5.02. The van der Waals surface area contributed by atoms with Gasteiger partial charge in [-0.2, -0.15) is 5.10 Å². The van der Waals surface area contributed by atoms with E-state index in [0.717, 1.165) is 12.1 Å². The minimum atomic E-state index is -0.289. The first-order chi connectivity index (χ1) is 11.1. The maximum absolute atomic E-state index is 12.1. The molecule has 124 valence electrons. The van der Waals surface area contributed by atoms with Crippen molar-refractivity contribution in [3.63, 3.8) is 0 Å². The lowest BCUT2D eigenvalue weighted by atomic mass is 10.1. The average Bonchev–Trinajstić information content (AvgIpc) is 3.01. The molecule has 0 radical (unpaired) electrons. The van der Waals surface area contributed by atoms with Crippen molar-refractivity contribution in [3.05, 3.63) is 36.2 Å². The van der Waals surface area contributed by atoms with Gasteiger partial charge in [-0.3, -0.25) is 4.68 Å². The molecule has 7 heteroatoms. The molecule has 0 spiro atoms. The van der Waals surface area contributed by atoms with Gasteiger partial charge in [-0.1, -0.05) is 6.07 Å². The van der Waals surface area contributed by atoms with Gasteiger partial charge in [-0.05, 0) is 31.5 Å². The van der Waals surface area contributed by atoms with E-state index in [1.165, 1.54) is 0 Å². The van der Waals surface area contributed by atoms with Gasteiger partial charge < -0.3 is 20.1 Å². The Kier molecular flexibility index (Phi) is 5.46. The highest BCUT2D eigenvalue weighted by Crippen LogP contribution is 2.29. The highest BCUT2D eigenvalue weighted by Gasteiger charge is 2.13. The summed E-state index contributed by atoms with van der Waals surface area (Å²) in [5.74, 6) is 1.28. The smallest absolute Gasteiger partial charge is 0.319 e. The predicted octanol–water partition coefficient (Wildman–Crippen LogP) is 2.80. The van der Waals surface area contributed by atoms with Crippen LogP contribution in [-0.4, -0.2) is 30.0 Å². The van der Waals surface area contributed by atoms with E-state index in [-0.39, 0.29) is 12.1 Å². The SMILES string of the molecule is CCn1cc(NC(=O)N[C@@H](C)c2ccc(OC)c(OC)c2)cn1. The van der Waals surface area contributed by atoms with Crippen LogP contribution >= 0.6 is 0 Å². The summed E-state index contributed by atoms with van der Waals surface area (Å²) in [5.41, 5.74) is 1.57. The summed E-state index contributed by atoms with van der Waals surface area (Å²) in [7, 11) is 3.17. The molecule has 1 heterocycles. The highest BCUT2D eigenvalue weighted by molar-refractivity contribution is 5.89. The van der Waals surface area contributed by atoms with Crippen LogP contribution < -0.4 is 20.1 Å². The van der Waals surface area contributed by atoms with Gasteiger partial charge in [0.2, 0.25) is 0 Å². The third-order valence-electron chi connectivity index (χ3n) is 3.47. The van der Waals surface area contributed by atoms with Gasteiger partial charge in [0, 0.05) is 12.7 Å². The molecule has 0 bridgehead atoms. The Morgan fingerprint density at radius 1 is 1.30 bits per heavy atom. The van der Waals surface area contributed by atoms with Crippen molar-refractivity contribution in [1.82, 2.24) is 15.1 Å². The van der Waals surface area contributed by atoms with Crippen molar-refractivity contribution >= 4 is 11.7 Å². The molecule has 0 unspecified atom stereocenters. The molecule has 0 saturated heterocycles. The molecule has 0 aliphatic carbocycles. The van der Waals surface area contributed by atoms with Gasteiger partial charge in [-0.15, -0.1) is 0 Å². The van der Waals surface area contributed by atoms with Crippen LogP contribution in [0.25, 0.3) is 0 Å². The van der Waals surface area contributed by atoms with Crippen LogP contribution in [0, 0.1) is 0 Å². The number of nitrogens with one attached hydrogen (secondary N) is 2. The molecule has 0 aliphatic rings. The van der Waals surface area contributed by atoms with Crippen LogP contribution in [0.3, 0.4) is 0 Å². The van der Waals surface area contributed by atoms with Crippen LogP contribution in [0.4, 0.5) is 10.5 Å². The van der Waals surface area contributed by atoms with Gasteiger partial charge in [0.1, 0.15) is 0 Å². The molecule has 2 N–H and O–H groups in total. The minimum absolute atomic E-state index is 0.184. The second-order valence-electron chi connectivity index (χ2n) is 5.02. The van der Waals surface area contributed by atoms with Crippen molar-refractivity contribution in [2.75, 3.05) is 19.5 Å². The number of hydrogen-bond acceptors (Lipinski definition) is 4. The van der Waals surface area contributed by atoms with Crippen molar-refractivity contribution < 1.29 is 14.3 Å². The number of anilines is 1. The largest absolute Gasteiger partial charge is 0.493 e. The zero-order valence-electron chi connectivity index (χ0n) is 13.8. The quantitative estimate of drug-likeness (QED) is 0.858. The molecule has 0 saturated carbocycles. The van der Waals surface area contributed by atoms with Gasteiger partial charge in [-0.25, -0.2) is 4.79 Å². The van der Waals surface area contributed by atoms with E-state index in [1.54, 1.807) is 31.3 Å². The van der Waals surface area contributed by atoms with Crippen LogP contribution in [-0.2, 0) is 6.54 Å². The average molecular weight is 318 g/mol. The summed E-state index contributed by atoms with van der Waals surface area (Å²) in [4.78, 5) is 12.1. The van der Waals surface area contributed by atoms with Crippen LogP contribution in [0.5, 0.6) is 11.5 Å². The van der Waals surface area contributed by atoms with Gasteiger partial charge in [0.05, 0.1) is 32.1 Å². The second kappa shape index (κ2) is 7.53. The van der Waals surface area contributed by atoms with E-state index >= 15 is 0 Å². The molecule has 7 nitrogen and oxygen atoms in total. The summed E-state index contributed by atoms with van der Waals surface area (Å²) in [6.07, 6.45) is 3.39. The van der Waals surface area contributed by atoms with E-state index in [2.05, 4.69) is 15.7 Å². The number of urea groups is 1. The first-order valence-corrected chi connectivity index (χ1v) is 7.39. The summed E-state index contributed by atoms with van der Waals surface area (Å²) >= 11 is 0. The number of nitrogens with zero attached hydrogens (tertiary/aromatic N) is 2. The Bertz CT molecular complexity index is 669. The van der Waals surface area contributed by atoms with Gasteiger partial charge in [0.25, 0.3) is 0 Å². The summed E-state index contributed by atoms with van der Waals surface area (Å²) in [5, 5.41) is 9.75. The maximum atomic E-state index is 12.1. The lowest BCUT2D eigenvalue weighted by Gasteiger charge is -2.16. The standard InChI is InChI=1S/C16H22N4O3/c1-5-20-10-13(9-17-20)19-16(21)18-11(2)12-6-7-14(22-3)15(8-12)23-4/h6-11H,5H2,1-4H3,(H2,18,19,21)/t11-/m0/s1. The van der Waals surface area contributed by atoms with Crippen molar-refractivity contribution in [2.45, 2.75) is 26.4 Å². The van der Waals surface area contributed by atoms with Crippen molar-refractivity contribution in [3.8, 4) is 11.5 Å². The van der Waals surface area contributed by atoms with Crippen LogP contribution in [0.2, 0.25) is 0 Å². The summed E-state index contributed by atoms with van der Waals surface area (Å²) in [6, 6.07) is 5.08. The van der Waals surface area contributed by atoms with E-state index in [9.17, 15) is 4.79 Å². The first kappa shape index (κ1) is 16.7. The maximum Gasteiger partial charge on any atom is 0.319 e. The molecular formula is C16H22N4O3. The fraction of sp³-hybridized carbons (Fsp3) is 0.375. The van der Waals surface area contributed by atoms with Gasteiger partial charge in [0.15, 0.2) is 11.5 Å². The Morgan fingerprint density at radius 3 is 2.65 bits per heavy atom. The molecule has 23 heavy (non-hydrogen) atoms. The Labute approximate surface area is 135 Å². The zero-order chi connectivity index (χ0) is 16.8. The number of aromatic nitrogens is 2. The Balaban J connectivity index is 2.00. The fourth-order valence-electron chi connectivity index (χ4n) is 2.17. The lowest BCUT2D eigenvalue weighted by Crippen LogP contribution is -2.31. The highest BCUT2D eigenvalue weighted by atomic mass is 16.5. The van der Waals surface area contributed by atoms with Crippen molar-refractivity contribution in [1.29, 1.82) is 0 Å². The number of carbonyl (C=O) groups is 1. The number of benzene rings is 1. The molecule has 2 rings (SSSR count). The number of methoxy groups -OCH3 is 2. The molecule has 1 aromatic carbocycles. The van der Waals surface area contributed by atoms with Crippen LogP contribution in [0.15, 0.2) is 30.6 Å². The number of rotatable bonds is 6. The number of amides is 2. The third-order valence-corrected chi connectivity index (χ3v) is 3.47. The van der Waals surface area contributed by atoms with E-state index in [1.807, 2.05) is 32.0 Å².